The summed E-state index contributed by atoms with van der Waals surface area (Å²) in [6.07, 6.45) is 2.32. The molecule has 1 aromatic heterocycles. The van der Waals surface area contributed by atoms with Crippen molar-refractivity contribution in [3.63, 3.8) is 0 Å². The Kier molecular flexibility index (Phi) is 6.14. The number of aromatic amines is 1. The molecule has 29 heavy (non-hydrogen) atoms. The summed E-state index contributed by atoms with van der Waals surface area (Å²) in [5.74, 6) is -0.539. The Hall–Kier alpha value is -2.98. The first kappa shape index (κ1) is 20.7. The van der Waals surface area contributed by atoms with Gasteiger partial charge in [0, 0.05) is 44.0 Å². The van der Waals surface area contributed by atoms with E-state index < -0.39 is 10.0 Å². The molecule has 0 bridgehead atoms. The van der Waals surface area contributed by atoms with Gasteiger partial charge in [-0.25, -0.2) is 8.42 Å². The van der Waals surface area contributed by atoms with Gasteiger partial charge in [-0.3, -0.25) is 14.4 Å². The van der Waals surface area contributed by atoms with E-state index in [-0.39, 0.29) is 41.4 Å². The lowest BCUT2D eigenvalue weighted by Crippen LogP contribution is -2.46. The molecule has 0 spiro atoms. The molecule has 9 nitrogen and oxygen atoms in total. The van der Waals surface area contributed by atoms with Gasteiger partial charge in [0.1, 0.15) is 0 Å². The van der Waals surface area contributed by atoms with Crippen molar-refractivity contribution in [3.8, 4) is 0 Å². The molecule has 3 N–H and O–H groups in total. The molecule has 154 valence electrons. The molecule has 2 heterocycles. The van der Waals surface area contributed by atoms with Crippen LogP contribution < -0.4 is 16.2 Å². The lowest BCUT2D eigenvalue weighted by Gasteiger charge is -2.31. The molecule has 0 radical (unpaired) electrons. The molecular formula is C19H22N4O5S. The summed E-state index contributed by atoms with van der Waals surface area (Å²) in [6.45, 7) is 1.95. The third-order valence-electron chi connectivity index (χ3n) is 4.65. The normalized spacial score (nSPS) is 15.6. The van der Waals surface area contributed by atoms with E-state index in [1.807, 2.05) is 0 Å². The highest BCUT2D eigenvalue weighted by Gasteiger charge is 2.30. The van der Waals surface area contributed by atoms with Gasteiger partial charge in [0.25, 0.3) is 5.91 Å². The van der Waals surface area contributed by atoms with Gasteiger partial charge < -0.3 is 15.6 Å². The number of carbonyl (C=O) groups excluding carboxylic acids is 2. The van der Waals surface area contributed by atoms with Crippen LogP contribution in [0.4, 0.5) is 5.69 Å². The number of nitrogens with zero attached hydrogens (tertiary/aromatic N) is 1. The number of benzene rings is 1. The number of hydrogen-bond acceptors (Lipinski definition) is 5. The SMILES string of the molecule is CC(=O)Nc1ccc(S(=O)(=O)N2CCC(NC(=O)c3ccc(=O)[nH]c3)CC2)cc1. The van der Waals surface area contributed by atoms with Gasteiger partial charge in [0.15, 0.2) is 0 Å². The third kappa shape index (κ3) is 5.09. The summed E-state index contributed by atoms with van der Waals surface area (Å²) >= 11 is 0. The molecule has 0 aliphatic carbocycles. The van der Waals surface area contributed by atoms with Crippen LogP contribution in [0.1, 0.15) is 30.1 Å². The number of anilines is 1. The summed E-state index contributed by atoms with van der Waals surface area (Å²) < 4.78 is 27.0. The predicted molar refractivity (Wildman–Crippen MR) is 107 cm³/mol. The minimum absolute atomic E-state index is 0.150. The van der Waals surface area contributed by atoms with Crippen LogP contribution in [-0.4, -0.2) is 48.7 Å². The van der Waals surface area contributed by atoms with Gasteiger partial charge in [-0.05, 0) is 43.2 Å². The number of piperidine rings is 1. The lowest BCUT2D eigenvalue weighted by molar-refractivity contribution is -0.114. The Bertz CT molecular complexity index is 1030. The number of carbonyl (C=O) groups is 2. The minimum Gasteiger partial charge on any atom is -0.349 e. The van der Waals surface area contributed by atoms with E-state index in [1.165, 1.54) is 41.7 Å². The van der Waals surface area contributed by atoms with Crippen LogP contribution in [0.3, 0.4) is 0 Å². The highest BCUT2D eigenvalue weighted by atomic mass is 32.2. The second kappa shape index (κ2) is 8.58. The Labute approximate surface area is 168 Å². The van der Waals surface area contributed by atoms with Gasteiger partial charge in [-0.1, -0.05) is 0 Å². The average molecular weight is 418 g/mol. The molecule has 1 saturated heterocycles. The van der Waals surface area contributed by atoms with Crippen LogP contribution >= 0.6 is 0 Å². The highest BCUT2D eigenvalue weighted by molar-refractivity contribution is 7.89. The maximum atomic E-state index is 12.8. The zero-order chi connectivity index (χ0) is 21.0. The van der Waals surface area contributed by atoms with Gasteiger partial charge in [-0.15, -0.1) is 0 Å². The van der Waals surface area contributed by atoms with Crippen LogP contribution in [0.2, 0.25) is 0 Å². The molecular weight excluding hydrogens is 396 g/mol. The van der Waals surface area contributed by atoms with Crippen molar-refractivity contribution in [3.05, 3.63) is 58.5 Å². The predicted octanol–water partition coefficient (Wildman–Crippen LogP) is 0.916. The molecule has 0 unspecified atom stereocenters. The number of aromatic nitrogens is 1. The van der Waals surface area contributed by atoms with Crippen molar-refractivity contribution in [2.75, 3.05) is 18.4 Å². The van der Waals surface area contributed by atoms with Crippen LogP contribution in [0.5, 0.6) is 0 Å². The number of rotatable bonds is 5. The summed E-state index contributed by atoms with van der Waals surface area (Å²) in [5, 5.41) is 5.47. The van der Waals surface area contributed by atoms with Crippen LogP contribution in [-0.2, 0) is 14.8 Å². The van der Waals surface area contributed by atoms with Crippen LogP contribution in [0, 0.1) is 0 Å². The zero-order valence-electron chi connectivity index (χ0n) is 15.8. The lowest BCUT2D eigenvalue weighted by atomic mass is 10.1. The van der Waals surface area contributed by atoms with E-state index in [0.717, 1.165) is 0 Å². The van der Waals surface area contributed by atoms with E-state index in [4.69, 9.17) is 0 Å². The molecule has 3 rings (SSSR count). The summed E-state index contributed by atoms with van der Waals surface area (Å²) in [5.41, 5.74) is 0.587. The first-order valence-electron chi connectivity index (χ1n) is 9.13. The number of nitrogens with one attached hydrogen (secondary N) is 3. The molecule has 1 aliphatic rings. The Morgan fingerprint density at radius 1 is 1.07 bits per heavy atom. The fraction of sp³-hybridized carbons (Fsp3) is 0.316. The smallest absolute Gasteiger partial charge is 0.252 e. The van der Waals surface area contributed by atoms with Crippen molar-refractivity contribution < 1.29 is 18.0 Å². The Morgan fingerprint density at radius 2 is 1.72 bits per heavy atom. The van der Waals surface area contributed by atoms with Gasteiger partial charge in [0.05, 0.1) is 10.5 Å². The zero-order valence-corrected chi connectivity index (χ0v) is 16.7. The third-order valence-corrected chi connectivity index (χ3v) is 6.56. The fourth-order valence-electron chi connectivity index (χ4n) is 3.12. The van der Waals surface area contributed by atoms with E-state index in [1.54, 1.807) is 12.1 Å². The second-order valence-corrected chi connectivity index (χ2v) is 8.74. The molecule has 2 amide bonds. The molecule has 2 aromatic rings. The second-order valence-electron chi connectivity index (χ2n) is 6.80. The largest absolute Gasteiger partial charge is 0.349 e. The molecule has 1 aliphatic heterocycles. The standard InChI is InChI=1S/C19H22N4O5S/c1-13(24)21-15-3-5-17(6-4-15)29(27,28)23-10-8-16(9-11-23)22-19(26)14-2-7-18(25)20-12-14/h2-7,12,16H,8-11H2,1H3,(H,20,25)(H,21,24)(H,22,26). The van der Waals surface area contributed by atoms with E-state index in [0.29, 0.717) is 24.1 Å². The number of H-pyrrole nitrogens is 1. The van der Waals surface area contributed by atoms with E-state index in [2.05, 4.69) is 15.6 Å². The van der Waals surface area contributed by atoms with E-state index in [9.17, 15) is 22.8 Å². The first-order chi connectivity index (χ1) is 13.8. The summed E-state index contributed by atoms with van der Waals surface area (Å²) in [4.78, 5) is 37.0. The quantitative estimate of drug-likeness (QED) is 0.665. The molecule has 1 aromatic carbocycles. The summed E-state index contributed by atoms with van der Waals surface area (Å²) in [7, 11) is -3.65. The molecule has 10 heteroatoms. The molecule has 0 saturated carbocycles. The minimum atomic E-state index is -3.65. The number of pyridine rings is 1. The van der Waals surface area contributed by atoms with Crippen molar-refractivity contribution in [1.82, 2.24) is 14.6 Å². The van der Waals surface area contributed by atoms with E-state index >= 15 is 0 Å². The average Bonchev–Trinajstić information content (AvgIpc) is 2.69. The van der Waals surface area contributed by atoms with Crippen LogP contribution in [0.25, 0.3) is 0 Å². The van der Waals surface area contributed by atoms with Gasteiger partial charge in [0.2, 0.25) is 21.5 Å². The number of sulfonamides is 1. The molecule has 1 fully saturated rings. The Morgan fingerprint density at radius 3 is 2.28 bits per heavy atom. The Balaban J connectivity index is 1.59. The maximum Gasteiger partial charge on any atom is 0.252 e. The fourth-order valence-corrected chi connectivity index (χ4v) is 4.59. The van der Waals surface area contributed by atoms with Gasteiger partial charge in [-0.2, -0.15) is 4.31 Å². The monoisotopic (exact) mass is 418 g/mol. The topological polar surface area (TPSA) is 128 Å². The maximum absolute atomic E-state index is 12.8. The number of hydrogen-bond donors (Lipinski definition) is 3. The van der Waals surface area contributed by atoms with Crippen molar-refractivity contribution in [2.24, 2.45) is 0 Å². The highest BCUT2D eigenvalue weighted by Crippen LogP contribution is 2.22. The van der Waals surface area contributed by atoms with Gasteiger partial charge >= 0.3 is 0 Å². The number of amides is 2. The van der Waals surface area contributed by atoms with Crippen molar-refractivity contribution in [2.45, 2.75) is 30.7 Å². The van der Waals surface area contributed by atoms with Crippen molar-refractivity contribution in [1.29, 1.82) is 0 Å². The van der Waals surface area contributed by atoms with Crippen LogP contribution in [0.15, 0.2) is 52.3 Å². The first-order valence-corrected chi connectivity index (χ1v) is 10.6. The summed E-state index contributed by atoms with van der Waals surface area (Å²) in [6, 6.07) is 8.59. The molecule has 0 atom stereocenters. The van der Waals surface area contributed by atoms with Crippen molar-refractivity contribution >= 4 is 27.5 Å².